The number of hydrogen-bond acceptors (Lipinski definition) is 1. The molecule has 0 N–H and O–H groups in total. The largest absolute Gasteiger partial charge is 0.336 e. The van der Waals surface area contributed by atoms with Crippen LogP contribution in [0.2, 0.25) is 0 Å². The summed E-state index contributed by atoms with van der Waals surface area (Å²) in [5, 5.41) is 0. The van der Waals surface area contributed by atoms with E-state index in [0.717, 1.165) is 18.4 Å². The van der Waals surface area contributed by atoms with Gasteiger partial charge in [-0.25, -0.2) is 4.39 Å². The van der Waals surface area contributed by atoms with E-state index in [1.807, 2.05) is 18.7 Å². The standard InChI is InChI=1S/C16H22FNO/c1-3-18(13-7-5-4-6-8-13)16(19)14-11-12(2)9-10-15(14)17/h9-11,13H,3-8H2,1-2H3. The molecular formula is C16H22FNO. The molecule has 1 aliphatic carbocycles. The molecule has 1 amide bonds. The van der Waals surface area contributed by atoms with E-state index in [0.29, 0.717) is 6.54 Å². The van der Waals surface area contributed by atoms with Gasteiger partial charge in [-0.1, -0.05) is 30.9 Å². The van der Waals surface area contributed by atoms with Crippen molar-refractivity contribution >= 4 is 5.91 Å². The molecule has 1 fully saturated rings. The molecule has 19 heavy (non-hydrogen) atoms. The first-order valence-corrected chi connectivity index (χ1v) is 7.20. The Morgan fingerprint density at radius 2 is 2.00 bits per heavy atom. The lowest BCUT2D eigenvalue weighted by Gasteiger charge is -2.33. The molecule has 0 unspecified atom stereocenters. The highest BCUT2D eigenvalue weighted by molar-refractivity contribution is 5.94. The summed E-state index contributed by atoms with van der Waals surface area (Å²) < 4.78 is 13.8. The van der Waals surface area contributed by atoms with Crippen LogP contribution in [0.4, 0.5) is 4.39 Å². The molecule has 104 valence electrons. The average molecular weight is 263 g/mol. The van der Waals surface area contributed by atoms with Crippen molar-refractivity contribution in [2.75, 3.05) is 6.54 Å². The predicted octanol–water partition coefficient (Wildman–Crippen LogP) is 3.93. The second-order valence-electron chi connectivity index (χ2n) is 5.37. The first kappa shape index (κ1) is 14.0. The van der Waals surface area contributed by atoms with Crippen LogP contribution in [-0.4, -0.2) is 23.4 Å². The maximum absolute atomic E-state index is 13.8. The number of amides is 1. The zero-order valence-electron chi connectivity index (χ0n) is 11.8. The van der Waals surface area contributed by atoms with Crippen LogP contribution < -0.4 is 0 Å². The fourth-order valence-corrected chi connectivity index (χ4v) is 2.92. The molecule has 1 aromatic rings. The Hall–Kier alpha value is -1.38. The number of nitrogens with zero attached hydrogens (tertiary/aromatic N) is 1. The summed E-state index contributed by atoms with van der Waals surface area (Å²) >= 11 is 0. The molecule has 0 heterocycles. The molecule has 3 heteroatoms. The van der Waals surface area contributed by atoms with Crippen LogP contribution in [-0.2, 0) is 0 Å². The second-order valence-corrected chi connectivity index (χ2v) is 5.37. The molecule has 0 radical (unpaired) electrons. The first-order valence-electron chi connectivity index (χ1n) is 7.20. The summed E-state index contributed by atoms with van der Waals surface area (Å²) in [4.78, 5) is 14.4. The second kappa shape index (κ2) is 6.18. The number of carbonyl (C=O) groups excluding carboxylic acids is 1. The highest BCUT2D eigenvalue weighted by atomic mass is 19.1. The van der Waals surface area contributed by atoms with Crippen molar-refractivity contribution < 1.29 is 9.18 Å². The molecule has 0 saturated heterocycles. The molecular weight excluding hydrogens is 241 g/mol. The SMILES string of the molecule is CCN(C(=O)c1cc(C)ccc1F)C1CCCCC1. The Labute approximate surface area is 114 Å². The lowest BCUT2D eigenvalue weighted by Crippen LogP contribution is -2.41. The van der Waals surface area contributed by atoms with Crippen LogP contribution in [0, 0.1) is 12.7 Å². The van der Waals surface area contributed by atoms with Crippen molar-refractivity contribution in [1.82, 2.24) is 4.90 Å². The minimum absolute atomic E-state index is 0.157. The van der Waals surface area contributed by atoms with Gasteiger partial charge in [0.1, 0.15) is 5.82 Å². The van der Waals surface area contributed by atoms with Crippen molar-refractivity contribution in [3.05, 3.63) is 35.1 Å². The van der Waals surface area contributed by atoms with E-state index in [-0.39, 0.29) is 17.5 Å². The molecule has 1 saturated carbocycles. The summed E-state index contributed by atoms with van der Waals surface area (Å²) in [6.45, 7) is 4.50. The predicted molar refractivity (Wildman–Crippen MR) is 74.7 cm³/mol. The number of halogens is 1. The minimum Gasteiger partial charge on any atom is -0.336 e. The Balaban J connectivity index is 2.22. The van der Waals surface area contributed by atoms with Crippen LogP contribution in [0.3, 0.4) is 0 Å². The lowest BCUT2D eigenvalue weighted by molar-refractivity contribution is 0.0643. The Kier molecular flexibility index (Phi) is 4.56. The van der Waals surface area contributed by atoms with Gasteiger partial charge in [0.25, 0.3) is 5.91 Å². The highest BCUT2D eigenvalue weighted by Crippen LogP contribution is 2.24. The Morgan fingerprint density at radius 3 is 2.63 bits per heavy atom. The fraction of sp³-hybridized carbons (Fsp3) is 0.562. The lowest BCUT2D eigenvalue weighted by atomic mass is 9.93. The summed E-state index contributed by atoms with van der Waals surface area (Å²) in [6, 6.07) is 5.02. The first-order chi connectivity index (χ1) is 9.13. The summed E-state index contributed by atoms with van der Waals surface area (Å²) in [7, 11) is 0. The summed E-state index contributed by atoms with van der Waals surface area (Å²) in [5.41, 5.74) is 1.14. The minimum atomic E-state index is -0.412. The zero-order valence-corrected chi connectivity index (χ0v) is 11.8. The number of hydrogen-bond donors (Lipinski definition) is 0. The number of benzene rings is 1. The van der Waals surface area contributed by atoms with Crippen molar-refractivity contribution in [3.8, 4) is 0 Å². The van der Waals surface area contributed by atoms with Crippen molar-refractivity contribution in [2.45, 2.75) is 52.0 Å². The van der Waals surface area contributed by atoms with E-state index >= 15 is 0 Å². The summed E-state index contributed by atoms with van der Waals surface area (Å²) in [5.74, 6) is -0.569. The van der Waals surface area contributed by atoms with E-state index in [1.165, 1.54) is 25.3 Å². The van der Waals surface area contributed by atoms with Crippen molar-refractivity contribution in [1.29, 1.82) is 0 Å². The van der Waals surface area contributed by atoms with Crippen molar-refractivity contribution in [2.24, 2.45) is 0 Å². The Morgan fingerprint density at radius 1 is 1.32 bits per heavy atom. The fourth-order valence-electron chi connectivity index (χ4n) is 2.92. The van der Waals surface area contributed by atoms with E-state index in [9.17, 15) is 9.18 Å². The van der Waals surface area contributed by atoms with Crippen LogP contribution in [0.15, 0.2) is 18.2 Å². The smallest absolute Gasteiger partial charge is 0.257 e. The third-order valence-corrected chi connectivity index (χ3v) is 3.97. The molecule has 0 atom stereocenters. The maximum Gasteiger partial charge on any atom is 0.257 e. The van der Waals surface area contributed by atoms with Gasteiger partial charge in [0.05, 0.1) is 5.56 Å². The van der Waals surface area contributed by atoms with Gasteiger partial charge in [0, 0.05) is 12.6 Å². The van der Waals surface area contributed by atoms with E-state index in [1.54, 1.807) is 12.1 Å². The van der Waals surface area contributed by atoms with Gasteiger partial charge in [-0.05, 0) is 38.8 Å². The van der Waals surface area contributed by atoms with Gasteiger partial charge in [-0.15, -0.1) is 0 Å². The molecule has 1 aromatic carbocycles. The maximum atomic E-state index is 13.8. The quantitative estimate of drug-likeness (QED) is 0.809. The number of carbonyl (C=O) groups is 1. The van der Waals surface area contributed by atoms with Crippen LogP contribution in [0.25, 0.3) is 0 Å². The molecule has 0 spiro atoms. The van der Waals surface area contributed by atoms with Crippen LogP contribution >= 0.6 is 0 Å². The van der Waals surface area contributed by atoms with E-state index < -0.39 is 5.82 Å². The van der Waals surface area contributed by atoms with Gasteiger partial charge in [-0.3, -0.25) is 4.79 Å². The number of aryl methyl sites for hydroxylation is 1. The molecule has 1 aliphatic rings. The average Bonchev–Trinajstić information content (AvgIpc) is 2.43. The molecule has 2 nitrogen and oxygen atoms in total. The molecule has 0 bridgehead atoms. The van der Waals surface area contributed by atoms with Gasteiger partial charge < -0.3 is 4.90 Å². The van der Waals surface area contributed by atoms with Crippen molar-refractivity contribution in [3.63, 3.8) is 0 Å². The number of rotatable bonds is 3. The summed E-state index contributed by atoms with van der Waals surface area (Å²) in [6.07, 6.45) is 5.69. The van der Waals surface area contributed by atoms with Crippen LogP contribution in [0.5, 0.6) is 0 Å². The monoisotopic (exact) mass is 263 g/mol. The molecule has 2 rings (SSSR count). The zero-order chi connectivity index (χ0) is 13.8. The van der Waals surface area contributed by atoms with Gasteiger partial charge >= 0.3 is 0 Å². The third kappa shape index (κ3) is 3.14. The van der Waals surface area contributed by atoms with Gasteiger partial charge in [0.2, 0.25) is 0 Å². The Bertz CT molecular complexity index is 452. The highest BCUT2D eigenvalue weighted by Gasteiger charge is 2.26. The molecule has 0 aromatic heterocycles. The van der Waals surface area contributed by atoms with Gasteiger partial charge in [0.15, 0.2) is 0 Å². The van der Waals surface area contributed by atoms with Gasteiger partial charge in [-0.2, -0.15) is 0 Å². The topological polar surface area (TPSA) is 20.3 Å². The molecule has 0 aliphatic heterocycles. The van der Waals surface area contributed by atoms with Crippen LogP contribution in [0.1, 0.15) is 54.9 Å². The normalized spacial score (nSPS) is 16.4. The van der Waals surface area contributed by atoms with E-state index in [2.05, 4.69) is 0 Å². The third-order valence-electron chi connectivity index (χ3n) is 3.97. The van der Waals surface area contributed by atoms with E-state index in [4.69, 9.17) is 0 Å².